The van der Waals surface area contributed by atoms with E-state index in [9.17, 15) is 23.1 Å². The number of carbonyl (C=O) groups excluding carboxylic acids is 1. The normalized spacial score (nSPS) is 17.4. The van der Waals surface area contributed by atoms with E-state index in [1.54, 1.807) is 12.1 Å². The van der Waals surface area contributed by atoms with Crippen LogP contribution in [-0.2, 0) is 14.6 Å². The van der Waals surface area contributed by atoms with Crippen LogP contribution in [0.4, 0.5) is 0 Å². The Kier molecular flexibility index (Phi) is 7.01. The molecule has 0 saturated carbocycles. The van der Waals surface area contributed by atoms with Crippen LogP contribution in [0, 0.1) is 6.92 Å². The molecule has 0 bridgehead atoms. The number of benzene rings is 1. The average molecular weight is 480 g/mol. The van der Waals surface area contributed by atoms with Crippen LogP contribution >= 0.6 is 0 Å². The second-order valence-corrected chi connectivity index (χ2v) is 9.39. The Morgan fingerprint density at radius 1 is 1.21 bits per heavy atom. The van der Waals surface area contributed by atoms with Gasteiger partial charge in [-0.3, -0.25) is 4.79 Å². The molecule has 2 heterocycles. The highest BCUT2D eigenvalue weighted by atomic mass is 32.2. The van der Waals surface area contributed by atoms with E-state index < -0.39 is 33.3 Å². The second kappa shape index (κ2) is 9.57. The van der Waals surface area contributed by atoms with Crippen LogP contribution in [0.25, 0.3) is 0 Å². The third-order valence-electron chi connectivity index (χ3n) is 5.21. The SMILES string of the molecule is COc1ccc([C@@H](CC(=O)N[C@H]2C=CS(=O)(=O)C2)c2c(O)cc(C)oc2=O)c(OC)c1OC. The molecule has 1 aromatic carbocycles. The summed E-state index contributed by atoms with van der Waals surface area (Å²) < 4.78 is 44.7. The number of hydrogen-bond donors (Lipinski definition) is 2. The molecule has 1 aliphatic rings. The predicted molar refractivity (Wildman–Crippen MR) is 119 cm³/mol. The van der Waals surface area contributed by atoms with Gasteiger partial charge in [-0.25, -0.2) is 13.2 Å². The number of carbonyl (C=O) groups is 1. The van der Waals surface area contributed by atoms with E-state index in [0.717, 1.165) is 5.41 Å². The van der Waals surface area contributed by atoms with Crippen LogP contribution in [0.15, 0.2) is 38.9 Å². The number of hydrogen-bond acceptors (Lipinski definition) is 9. The fourth-order valence-corrected chi connectivity index (χ4v) is 5.04. The van der Waals surface area contributed by atoms with Crippen molar-refractivity contribution in [3.05, 3.63) is 57.0 Å². The highest BCUT2D eigenvalue weighted by molar-refractivity contribution is 7.94. The molecule has 1 aromatic heterocycles. The fourth-order valence-electron chi connectivity index (χ4n) is 3.81. The summed E-state index contributed by atoms with van der Waals surface area (Å²) in [4.78, 5) is 25.6. The molecule has 1 amide bonds. The molecule has 2 N–H and O–H groups in total. The number of methoxy groups -OCH3 is 3. The van der Waals surface area contributed by atoms with Crippen LogP contribution in [-0.4, -0.2) is 52.6 Å². The third kappa shape index (κ3) is 5.14. The first-order chi connectivity index (χ1) is 15.6. The van der Waals surface area contributed by atoms with Crippen molar-refractivity contribution in [3.8, 4) is 23.0 Å². The minimum absolute atomic E-state index is 0.143. The van der Waals surface area contributed by atoms with Gasteiger partial charge in [0.25, 0.3) is 0 Å². The first-order valence-electron chi connectivity index (χ1n) is 9.93. The van der Waals surface area contributed by atoms with E-state index in [1.807, 2.05) is 0 Å². The molecule has 1 aliphatic heterocycles. The minimum atomic E-state index is -3.37. The number of aryl methyl sites for hydroxylation is 1. The van der Waals surface area contributed by atoms with Gasteiger partial charge in [0, 0.05) is 29.4 Å². The molecule has 2 atom stereocenters. The van der Waals surface area contributed by atoms with E-state index in [-0.39, 0.29) is 40.7 Å². The third-order valence-corrected chi connectivity index (χ3v) is 6.61. The lowest BCUT2D eigenvalue weighted by atomic mass is 9.87. The number of sulfone groups is 1. The van der Waals surface area contributed by atoms with Crippen molar-refractivity contribution in [1.29, 1.82) is 0 Å². The van der Waals surface area contributed by atoms with Crippen LogP contribution in [0.2, 0.25) is 0 Å². The number of rotatable bonds is 8. The van der Waals surface area contributed by atoms with Gasteiger partial charge in [0.1, 0.15) is 11.5 Å². The Hall–Kier alpha value is -3.47. The molecular weight excluding hydrogens is 454 g/mol. The maximum absolute atomic E-state index is 12.9. The number of nitrogens with one attached hydrogen (secondary N) is 1. The summed E-state index contributed by atoms with van der Waals surface area (Å²) in [5.41, 5.74) is -0.590. The Balaban J connectivity index is 2.09. The first-order valence-corrected chi connectivity index (χ1v) is 11.6. The van der Waals surface area contributed by atoms with Crippen LogP contribution in [0.5, 0.6) is 23.0 Å². The standard InChI is InChI=1S/C22H25NO9S/c1-12-9-16(24)19(22(26)32-12)15(10-18(25)23-13-7-8-33(27,28)11-13)14-5-6-17(29-2)21(31-4)20(14)30-3/h5-9,13,15,24H,10-11H2,1-4H3,(H,23,25)/t13-,15+/m0/s1. The molecule has 178 valence electrons. The minimum Gasteiger partial charge on any atom is -0.507 e. The predicted octanol–water partition coefficient (Wildman–Crippen LogP) is 1.63. The van der Waals surface area contributed by atoms with Crippen molar-refractivity contribution >= 4 is 15.7 Å². The van der Waals surface area contributed by atoms with Gasteiger partial charge < -0.3 is 29.1 Å². The summed E-state index contributed by atoms with van der Waals surface area (Å²) in [6, 6.07) is 3.76. The molecule has 0 aliphatic carbocycles. The van der Waals surface area contributed by atoms with Gasteiger partial charge in [0.15, 0.2) is 21.3 Å². The van der Waals surface area contributed by atoms with Crippen molar-refractivity contribution < 1.29 is 36.9 Å². The van der Waals surface area contributed by atoms with Gasteiger partial charge >= 0.3 is 5.63 Å². The van der Waals surface area contributed by atoms with Gasteiger partial charge in [-0.15, -0.1) is 0 Å². The summed E-state index contributed by atoms with van der Waals surface area (Å²) in [6.45, 7) is 1.51. The highest BCUT2D eigenvalue weighted by Crippen LogP contribution is 2.45. The molecule has 0 saturated heterocycles. The van der Waals surface area contributed by atoms with Gasteiger partial charge in [-0.2, -0.15) is 0 Å². The van der Waals surface area contributed by atoms with Gasteiger partial charge in [-0.1, -0.05) is 6.07 Å². The topological polar surface area (TPSA) is 141 Å². The number of aromatic hydroxyl groups is 1. The fraction of sp³-hybridized carbons (Fsp3) is 0.364. The first kappa shape index (κ1) is 24.2. The lowest BCUT2D eigenvalue weighted by Crippen LogP contribution is -2.36. The maximum atomic E-state index is 12.9. The van der Waals surface area contributed by atoms with Gasteiger partial charge in [0.2, 0.25) is 11.7 Å². The highest BCUT2D eigenvalue weighted by Gasteiger charge is 2.32. The Morgan fingerprint density at radius 2 is 1.91 bits per heavy atom. The van der Waals surface area contributed by atoms with Gasteiger partial charge in [-0.05, 0) is 19.1 Å². The Labute approximate surface area is 190 Å². The van der Waals surface area contributed by atoms with E-state index in [4.69, 9.17) is 18.6 Å². The molecule has 10 nitrogen and oxygen atoms in total. The molecule has 0 radical (unpaired) electrons. The second-order valence-electron chi connectivity index (χ2n) is 7.46. The zero-order chi connectivity index (χ0) is 24.3. The molecule has 0 fully saturated rings. The molecule has 2 aromatic rings. The number of ether oxygens (including phenoxy) is 3. The summed E-state index contributed by atoms with van der Waals surface area (Å²) >= 11 is 0. The quantitative estimate of drug-likeness (QED) is 0.578. The van der Waals surface area contributed by atoms with Crippen LogP contribution in [0.3, 0.4) is 0 Å². The molecule has 33 heavy (non-hydrogen) atoms. The lowest BCUT2D eigenvalue weighted by molar-refractivity contribution is -0.121. The lowest BCUT2D eigenvalue weighted by Gasteiger charge is -2.23. The Morgan fingerprint density at radius 3 is 2.45 bits per heavy atom. The Bertz CT molecular complexity index is 1250. The average Bonchev–Trinajstić information content (AvgIpc) is 3.08. The molecule has 3 rings (SSSR count). The summed E-state index contributed by atoms with van der Waals surface area (Å²) in [7, 11) is 0.885. The molecular formula is C22H25NO9S. The van der Waals surface area contributed by atoms with Crippen LogP contribution in [0.1, 0.15) is 29.2 Å². The van der Waals surface area contributed by atoms with E-state index in [2.05, 4.69) is 5.32 Å². The maximum Gasteiger partial charge on any atom is 0.343 e. The molecule has 11 heteroatoms. The zero-order valence-electron chi connectivity index (χ0n) is 18.6. The summed E-state index contributed by atoms with van der Waals surface area (Å²) in [5, 5.41) is 14.3. The largest absolute Gasteiger partial charge is 0.507 e. The van der Waals surface area contributed by atoms with E-state index in [1.165, 1.54) is 40.4 Å². The zero-order valence-corrected chi connectivity index (χ0v) is 19.4. The summed E-state index contributed by atoms with van der Waals surface area (Å²) in [6.07, 6.45) is 1.08. The van der Waals surface area contributed by atoms with Crippen molar-refractivity contribution in [3.63, 3.8) is 0 Å². The molecule has 0 unspecified atom stereocenters. The number of amides is 1. The van der Waals surface area contributed by atoms with Crippen molar-refractivity contribution in [2.75, 3.05) is 27.1 Å². The smallest absolute Gasteiger partial charge is 0.343 e. The van der Waals surface area contributed by atoms with E-state index in [0.29, 0.717) is 11.3 Å². The van der Waals surface area contributed by atoms with Crippen molar-refractivity contribution in [2.45, 2.75) is 25.3 Å². The summed E-state index contributed by atoms with van der Waals surface area (Å²) in [5.74, 6) is -1.13. The van der Waals surface area contributed by atoms with Crippen molar-refractivity contribution in [2.24, 2.45) is 0 Å². The van der Waals surface area contributed by atoms with Gasteiger partial charge in [0.05, 0.1) is 38.7 Å². The van der Waals surface area contributed by atoms with E-state index >= 15 is 0 Å². The monoisotopic (exact) mass is 479 g/mol. The van der Waals surface area contributed by atoms with Crippen LogP contribution < -0.4 is 25.2 Å². The van der Waals surface area contributed by atoms with Crippen molar-refractivity contribution in [1.82, 2.24) is 5.32 Å². The molecule has 0 spiro atoms.